The van der Waals surface area contributed by atoms with Crippen LogP contribution in [0.4, 0.5) is 10.5 Å². The number of hydrogen-bond acceptors (Lipinski definition) is 5. The molecule has 0 aliphatic carbocycles. The van der Waals surface area contributed by atoms with Gasteiger partial charge in [0.05, 0.1) is 11.9 Å². The summed E-state index contributed by atoms with van der Waals surface area (Å²) in [6.45, 7) is 5.26. The fourth-order valence-corrected chi connectivity index (χ4v) is 1.64. The van der Waals surface area contributed by atoms with Gasteiger partial charge in [-0.1, -0.05) is 6.07 Å². The summed E-state index contributed by atoms with van der Waals surface area (Å²) in [5.41, 5.74) is -0.160. The molecule has 0 saturated carbocycles. The second-order valence-electron chi connectivity index (χ2n) is 5.29. The quantitative estimate of drug-likeness (QED) is 0.876. The Morgan fingerprint density at radius 3 is 2.71 bits per heavy atom. The summed E-state index contributed by atoms with van der Waals surface area (Å²) in [7, 11) is 0. The van der Waals surface area contributed by atoms with E-state index < -0.39 is 11.7 Å². The van der Waals surface area contributed by atoms with Crippen molar-refractivity contribution < 1.29 is 14.3 Å². The normalized spacial score (nSPS) is 11.0. The Morgan fingerprint density at radius 1 is 1.38 bits per heavy atom. The van der Waals surface area contributed by atoms with Crippen LogP contribution in [-0.4, -0.2) is 32.7 Å². The molecular weight excluding hydrogens is 272 g/mol. The van der Waals surface area contributed by atoms with Gasteiger partial charge in [0, 0.05) is 6.20 Å². The van der Waals surface area contributed by atoms with Gasteiger partial charge in [0.2, 0.25) is 0 Å². The molecule has 0 unspecified atom stereocenters. The number of nitrogens with zero attached hydrogens (tertiary/aromatic N) is 3. The van der Waals surface area contributed by atoms with Crippen molar-refractivity contribution in [2.75, 3.05) is 5.32 Å². The Labute approximate surface area is 121 Å². The van der Waals surface area contributed by atoms with Crippen molar-refractivity contribution in [3.8, 4) is 5.82 Å². The van der Waals surface area contributed by atoms with Crippen LogP contribution >= 0.6 is 0 Å². The molecule has 7 heteroatoms. The SMILES string of the molecule is CC(C)(C)OC(=O)Nc1cnn(-c2ccccn2)c1C=O. The van der Waals surface area contributed by atoms with Crippen molar-refractivity contribution in [2.24, 2.45) is 0 Å². The molecule has 1 N–H and O–H groups in total. The molecule has 2 aromatic rings. The van der Waals surface area contributed by atoms with E-state index in [0.717, 1.165) is 0 Å². The van der Waals surface area contributed by atoms with Crippen LogP contribution in [0.15, 0.2) is 30.6 Å². The molecule has 0 atom stereocenters. The van der Waals surface area contributed by atoms with E-state index in [1.807, 2.05) is 0 Å². The number of nitrogens with one attached hydrogen (secondary N) is 1. The molecule has 2 rings (SSSR count). The third-order valence-corrected chi connectivity index (χ3v) is 2.42. The molecule has 7 nitrogen and oxygen atoms in total. The summed E-state index contributed by atoms with van der Waals surface area (Å²) < 4.78 is 6.48. The van der Waals surface area contributed by atoms with E-state index in [9.17, 15) is 9.59 Å². The number of aromatic nitrogens is 3. The first-order valence-electron chi connectivity index (χ1n) is 6.35. The molecule has 0 saturated heterocycles. The lowest BCUT2D eigenvalue weighted by Crippen LogP contribution is -2.27. The van der Waals surface area contributed by atoms with Crippen LogP contribution in [0.25, 0.3) is 5.82 Å². The lowest BCUT2D eigenvalue weighted by atomic mass is 10.2. The van der Waals surface area contributed by atoms with Crippen LogP contribution in [0.5, 0.6) is 0 Å². The second-order valence-corrected chi connectivity index (χ2v) is 5.29. The van der Waals surface area contributed by atoms with Crippen LogP contribution in [0, 0.1) is 0 Å². The van der Waals surface area contributed by atoms with Gasteiger partial charge in [-0.3, -0.25) is 10.1 Å². The summed E-state index contributed by atoms with van der Waals surface area (Å²) in [4.78, 5) is 27.1. The largest absolute Gasteiger partial charge is 0.444 e. The number of anilines is 1. The summed E-state index contributed by atoms with van der Waals surface area (Å²) in [6.07, 6.45) is 2.93. The lowest BCUT2D eigenvalue weighted by Gasteiger charge is -2.19. The molecule has 2 heterocycles. The molecule has 0 aromatic carbocycles. The van der Waals surface area contributed by atoms with E-state index >= 15 is 0 Å². The number of aldehydes is 1. The predicted octanol–water partition coefficient (Wildman–Crippen LogP) is 2.43. The fraction of sp³-hybridized carbons (Fsp3) is 0.286. The molecule has 0 spiro atoms. The molecule has 0 radical (unpaired) electrons. The lowest BCUT2D eigenvalue weighted by molar-refractivity contribution is 0.0636. The maximum atomic E-state index is 11.7. The van der Waals surface area contributed by atoms with E-state index in [-0.39, 0.29) is 11.4 Å². The van der Waals surface area contributed by atoms with Gasteiger partial charge < -0.3 is 4.74 Å². The third-order valence-electron chi connectivity index (χ3n) is 2.42. The summed E-state index contributed by atoms with van der Waals surface area (Å²) >= 11 is 0. The van der Waals surface area contributed by atoms with Gasteiger partial charge in [0.1, 0.15) is 11.3 Å². The molecule has 0 bridgehead atoms. The second kappa shape index (κ2) is 5.74. The minimum Gasteiger partial charge on any atom is -0.444 e. The Hall–Kier alpha value is -2.70. The fourth-order valence-electron chi connectivity index (χ4n) is 1.64. The molecule has 0 aliphatic heterocycles. The minimum atomic E-state index is -0.647. The first-order valence-corrected chi connectivity index (χ1v) is 6.35. The summed E-state index contributed by atoms with van der Waals surface area (Å²) in [5, 5.41) is 6.56. The van der Waals surface area contributed by atoms with E-state index in [1.165, 1.54) is 10.9 Å². The van der Waals surface area contributed by atoms with E-state index in [1.54, 1.807) is 45.2 Å². The Balaban J connectivity index is 2.25. The number of amides is 1. The maximum absolute atomic E-state index is 11.7. The van der Waals surface area contributed by atoms with Crippen molar-refractivity contribution in [2.45, 2.75) is 26.4 Å². The maximum Gasteiger partial charge on any atom is 0.412 e. The molecule has 2 aromatic heterocycles. The molecule has 0 aliphatic rings. The first-order chi connectivity index (χ1) is 9.90. The van der Waals surface area contributed by atoms with Crippen molar-refractivity contribution in [1.82, 2.24) is 14.8 Å². The van der Waals surface area contributed by atoms with E-state index in [2.05, 4.69) is 15.4 Å². The number of carbonyl (C=O) groups excluding carboxylic acids is 2. The van der Waals surface area contributed by atoms with Gasteiger partial charge in [-0.15, -0.1) is 0 Å². The molecule has 110 valence electrons. The van der Waals surface area contributed by atoms with E-state index in [0.29, 0.717) is 12.1 Å². The van der Waals surface area contributed by atoms with Gasteiger partial charge in [-0.2, -0.15) is 5.10 Å². The monoisotopic (exact) mass is 288 g/mol. The topological polar surface area (TPSA) is 86.1 Å². The van der Waals surface area contributed by atoms with Crippen LogP contribution in [0.2, 0.25) is 0 Å². The van der Waals surface area contributed by atoms with Crippen LogP contribution in [-0.2, 0) is 4.74 Å². The zero-order valence-electron chi connectivity index (χ0n) is 12.0. The number of rotatable bonds is 3. The highest BCUT2D eigenvalue weighted by Gasteiger charge is 2.19. The first kappa shape index (κ1) is 14.7. The molecule has 21 heavy (non-hydrogen) atoms. The van der Waals surface area contributed by atoms with Gasteiger partial charge in [0.25, 0.3) is 0 Å². The van der Waals surface area contributed by atoms with Gasteiger partial charge in [0.15, 0.2) is 12.1 Å². The molecular formula is C14H16N4O3. The zero-order valence-corrected chi connectivity index (χ0v) is 12.0. The van der Waals surface area contributed by atoms with Gasteiger partial charge in [-0.25, -0.2) is 14.5 Å². The number of pyridine rings is 1. The van der Waals surface area contributed by atoms with Crippen LogP contribution in [0.3, 0.4) is 0 Å². The van der Waals surface area contributed by atoms with E-state index in [4.69, 9.17) is 4.74 Å². The number of hydrogen-bond donors (Lipinski definition) is 1. The summed E-state index contributed by atoms with van der Waals surface area (Å²) in [6, 6.07) is 5.24. The Morgan fingerprint density at radius 2 is 2.14 bits per heavy atom. The minimum absolute atomic E-state index is 0.194. The number of ether oxygens (including phenoxy) is 1. The average Bonchev–Trinajstić information content (AvgIpc) is 2.80. The molecule has 1 amide bonds. The molecule has 0 fully saturated rings. The standard InChI is InChI=1S/C14H16N4O3/c1-14(2,3)21-13(20)17-10-8-16-18(11(10)9-19)12-6-4-5-7-15-12/h4-9H,1-3H3,(H,17,20). The van der Waals surface area contributed by atoms with Gasteiger partial charge >= 0.3 is 6.09 Å². The highest BCUT2D eigenvalue weighted by molar-refractivity contribution is 5.92. The van der Waals surface area contributed by atoms with Crippen molar-refractivity contribution >= 4 is 18.1 Å². The highest BCUT2D eigenvalue weighted by Crippen LogP contribution is 2.17. The number of carbonyl (C=O) groups is 2. The average molecular weight is 288 g/mol. The van der Waals surface area contributed by atoms with Crippen LogP contribution in [0.1, 0.15) is 31.3 Å². The summed E-state index contributed by atoms with van der Waals surface area (Å²) in [5.74, 6) is 0.483. The highest BCUT2D eigenvalue weighted by atomic mass is 16.6. The Bertz CT molecular complexity index is 644. The van der Waals surface area contributed by atoms with Crippen molar-refractivity contribution in [1.29, 1.82) is 0 Å². The van der Waals surface area contributed by atoms with Gasteiger partial charge in [-0.05, 0) is 32.9 Å². The van der Waals surface area contributed by atoms with Crippen molar-refractivity contribution in [3.63, 3.8) is 0 Å². The predicted molar refractivity (Wildman–Crippen MR) is 76.6 cm³/mol. The Kier molecular flexibility index (Phi) is 4.02. The third kappa shape index (κ3) is 3.65. The van der Waals surface area contributed by atoms with Crippen LogP contribution < -0.4 is 5.32 Å². The smallest absolute Gasteiger partial charge is 0.412 e. The zero-order chi connectivity index (χ0) is 15.5. The van der Waals surface area contributed by atoms with Crippen molar-refractivity contribution in [3.05, 3.63) is 36.3 Å².